The van der Waals surface area contributed by atoms with Crippen LogP contribution < -0.4 is 0 Å². The Kier molecular flexibility index (Phi) is 7.87. The van der Waals surface area contributed by atoms with Crippen molar-refractivity contribution in [1.29, 1.82) is 0 Å². The second-order valence-electron chi connectivity index (χ2n) is 9.19. The Hall–Kier alpha value is -0.943. The number of hydrogen-bond donors (Lipinski definition) is 1. The third-order valence-electron chi connectivity index (χ3n) is 7.00. The van der Waals surface area contributed by atoms with Crippen LogP contribution in [-0.4, -0.2) is 44.1 Å². The second-order valence-corrected chi connectivity index (χ2v) is 13.8. The lowest BCUT2D eigenvalue weighted by atomic mass is 9.98. The molecule has 0 amide bonds. The van der Waals surface area contributed by atoms with Crippen molar-refractivity contribution in [2.45, 2.75) is 70.8 Å². The molecule has 152 valence electrons. The van der Waals surface area contributed by atoms with Crippen LogP contribution in [0.4, 0.5) is 0 Å². The predicted octanol–water partition coefficient (Wildman–Crippen LogP) is 5.40. The second kappa shape index (κ2) is 9.51. The molecule has 2 rings (SSSR count). The van der Waals surface area contributed by atoms with Gasteiger partial charge in [0.15, 0.2) is 8.32 Å². The molecule has 0 unspecified atom stereocenters. The maximum atomic E-state index is 9.54. The highest BCUT2D eigenvalue weighted by molar-refractivity contribution is 6.74. The predicted molar refractivity (Wildman–Crippen MR) is 117 cm³/mol. The van der Waals surface area contributed by atoms with Crippen molar-refractivity contribution in [3.63, 3.8) is 0 Å². The summed E-state index contributed by atoms with van der Waals surface area (Å²) in [5.74, 6) is 0.592. The first-order valence-corrected chi connectivity index (χ1v) is 13.3. The van der Waals surface area contributed by atoms with E-state index in [-0.39, 0.29) is 17.7 Å². The third-order valence-corrected chi connectivity index (χ3v) is 11.6. The fraction of sp³-hybridized carbons (Fsp3) is 0.652. The molecular formula is C23H39NO2Si. The van der Waals surface area contributed by atoms with Gasteiger partial charge < -0.3 is 9.53 Å². The van der Waals surface area contributed by atoms with Gasteiger partial charge >= 0.3 is 0 Å². The first-order chi connectivity index (χ1) is 12.7. The number of aliphatic hydroxyl groups is 1. The number of benzene rings is 1. The number of rotatable bonds is 9. The topological polar surface area (TPSA) is 32.7 Å². The quantitative estimate of drug-likeness (QED) is 0.453. The molecule has 1 N–H and O–H groups in total. The minimum absolute atomic E-state index is 0.209. The van der Waals surface area contributed by atoms with Crippen molar-refractivity contribution in [3.05, 3.63) is 48.0 Å². The molecule has 2 atom stereocenters. The van der Waals surface area contributed by atoms with E-state index in [1.54, 1.807) is 0 Å². The highest BCUT2D eigenvalue weighted by atomic mass is 28.4. The molecule has 0 saturated heterocycles. The standard InChI is InChI=1S/C23H39NO2Si/c1-19(2)23(3,4)27(5,6)26-18-22(20-12-8-7-9-13-20)24-16-11-10-14-21(24)15-17-25/h7-13,19,21-22,25H,14-18H2,1-6H3/t21-,22+/m0/s1. The van der Waals surface area contributed by atoms with Crippen LogP contribution in [0.15, 0.2) is 42.5 Å². The number of hydrogen-bond acceptors (Lipinski definition) is 3. The summed E-state index contributed by atoms with van der Waals surface area (Å²) in [6.07, 6.45) is 6.32. The van der Waals surface area contributed by atoms with E-state index in [0.717, 1.165) is 26.0 Å². The van der Waals surface area contributed by atoms with E-state index >= 15 is 0 Å². The summed E-state index contributed by atoms with van der Waals surface area (Å²) in [6, 6.07) is 11.3. The lowest BCUT2D eigenvalue weighted by Gasteiger charge is -2.45. The van der Waals surface area contributed by atoms with Crippen molar-refractivity contribution < 1.29 is 9.53 Å². The molecule has 0 aromatic heterocycles. The monoisotopic (exact) mass is 389 g/mol. The van der Waals surface area contributed by atoms with Gasteiger partial charge in [0.05, 0.1) is 12.6 Å². The Balaban J connectivity index is 2.25. The van der Waals surface area contributed by atoms with Crippen LogP contribution in [-0.2, 0) is 4.43 Å². The summed E-state index contributed by atoms with van der Waals surface area (Å²) in [6.45, 7) is 15.9. The first-order valence-electron chi connectivity index (χ1n) is 10.4. The maximum absolute atomic E-state index is 9.54. The van der Waals surface area contributed by atoms with Crippen molar-refractivity contribution in [3.8, 4) is 0 Å². The van der Waals surface area contributed by atoms with E-state index in [2.05, 4.69) is 88.2 Å². The van der Waals surface area contributed by atoms with E-state index in [4.69, 9.17) is 4.43 Å². The fourth-order valence-electron chi connectivity index (χ4n) is 3.78. The molecule has 1 heterocycles. The molecule has 0 bridgehead atoms. The average Bonchev–Trinajstić information content (AvgIpc) is 2.64. The van der Waals surface area contributed by atoms with Crippen LogP contribution >= 0.6 is 0 Å². The summed E-state index contributed by atoms with van der Waals surface area (Å²) in [4.78, 5) is 2.53. The summed E-state index contributed by atoms with van der Waals surface area (Å²) in [7, 11) is -1.89. The molecule has 0 saturated carbocycles. The van der Waals surface area contributed by atoms with Crippen LogP contribution in [0.25, 0.3) is 0 Å². The van der Waals surface area contributed by atoms with Crippen LogP contribution in [0.5, 0.6) is 0 Å². The maximum Gasteiger partial charge on any atom is 0.192 e. The summed E-state index contributed by atoms with van der Waals surface area (Å²) in [5, 5.41) is 9.75. The lowest BCUT2D eigenvalue weighted by Crippen LogP contribution is -2.48. The van der Waals surface area contributed by atoms with Gasteiger partial charge in [0.1, 0.15) is 0 Å². The highest BCUT2D eigenvalue weighted by Crippen LogP contribution is 2.45. The SMILES string of the molecule is CC(C)C(C)(C)[Si](C)(C)OC[C@H](c1ccccc1)N1CC=CC[C@H]1CCO. The Morgan fingerprint density at radius 3 is 2.44 bits per heavy atom. The lowest BCUT2D eigenvalue weighted by molar-refractivity contribution is 0.0774. The van der Waals surface area contributed by atoms with Crippen LogP contribution in [0.1, 0.15) is 52.1 Å². The zero-order valence-corrected chi connectivity index (χ0v) is 19.1. The van der Waals surface area contributed by atoms with E-state index < -0.39 is 8.32 Å². The minimum atomic E-state index is -1.89. The summed E-state index contributed by atoms with van der Waals surface area (Å²) in [5.41, 5.74) is 1.31. The van der Waals surface area contributed by atoms with E-state index in [1.807, 2.05) is 0 Å². The van der Waals surface area contributed by atoms with Gasteiger partial charge in [-0.2, -0.15) is 0 Å². The van der Waals surface area contributed by atoms with Crippen molar-refractivity contribution in [2.75, 3.05) is 19.8 Å². The van der Waals surface area contributed by atoms with E-state index in [0.29, 0.717) is 12.0 Å². The first kappa shape index (κ1) is 22.3. The van der Waals surface area contributed by atoms with Gasteiger partial charge in [0.25, 0.3) is 0 Å². The largest absolute Gasteiger partial charge is 0.415 e. The van der Waals surface area contributed by atoms with Gasteiger partial charge in [-0.1, -0.05) is 70.2 Å². The molecule has 0 fully saturated rings. The zero-order valence-electron chi connectivity index (χ0n) is 18.1. The average molecular weight is 390 g/mol. The van der Waals surface area contributed by atoms with Crippen molar-refractivity contribution in [2.24, 2.45) is 5.92 Å². The Bertz CT molecular complexity index is 598. The van der Waals surface area contributed by atoms with Gasteiger partial charge in [-0.3, -0.25) is 4.90 Å². The molecule has 27 heavy (non-hydrogen) atoms. The molecule has 0 aliphatic carbocycles. The van der Waals surface area contributed by atoms with Gasteiger partial charge in [0.2, 0.25) is 0 Å². The van der Waals surface area contributed by atoms with Crippen molar-refractivity contribution >= 4 is 8.32 Å². The van der Waals surface area contributed by atoms with Crippen molar-refractivity contribution in [1.82, 2.24) is 4.90 Å². The van der Waals surface area contributed by atoms with Gasteiger partial charge in [0, 0.05) is 19.2 Å². The van der Waals surface area contributed by atoms with Crippen LogP contribution in [0.2, 0.25) is 18.1 Å². The minimum Gasteiger partial charge on any atom is -0.415 e. The van der Waals surface area contributed by atoms with E-state index in [1.165, 1.54) is 5.56 Å². The smallest absolute Gasteiger partial charge is 0.192 e. The molecular weight excluding hydrogens is 350 g/mol. The Morgan fingerprint density at radius 1 is 1.19 bits per heavy atom. The number of aliphatic hydroxyl groups excluding tert-OH is 1. The van der Waals surface area contributed by atoms with Crippen LogP contribution in [0.3, 0.4) is 0 Å². The normalized spacial score (nSPS) is 20.2. The molecule has 1 aliphatic heterocycles. The van der Waals surface area contributed by atoms with E-state index in [9.17, 15) is 5.11 Å². The molecule has 4 heteroatoms. The fourth-order valence-corrected chi connectivity index (χ4v) is 6.11. The van der Waals surface area contributed by atoms with Gasteiger partial charge in [-0.15, -0.1) is 0 Å². The van der Waals surface area contributed by atoms with Crippen LogP contribution in [0, 0.1) is 5.92 Å². The highest BCUT2D eigenvalue weighted by Gasteiger charge is 2.44. The molecule has 0 spiro atoms. The summed E-state index contributed by atoms with van der Waals surface area (Å²) >= 11 is 0. The molecule has 1 aromatic carbocycles. The van der Waals surface area contributed by atoms with Gasteiger partial charge in [-0.25, -0.2) is 0 Å². The third kappa shape index (κ3) is 5.32. The Labute approximate surface area is 167 Å². The molecule has 1 aromatic rings. The van der Waals surface area contributed by atoms with Gasteiger partial charge in [-0.05, 0) is 42.5 Å². The number of nitrogens with zero attached hydrogens (tertiary/aromatic N) is 1. The summed E-state index contributed by atoms with van der Waals surface area (Å²) < 4.78 is 6.76. The molecule has 3 nitrogen and oxygen atoms in total. The zero-order chi connectivity index (χ0) is 20.1. The molecule has 1 aliphatic rings. The Morgan fingerprint density at radius 2 is 1.85 bits per heavy atom. The molecule has 0 radical (unpaired) electrons.